The second-order valence-electron chi connectivity index (χ2n) is 4.75. The van der Waals surface area contributed by atoms with Gasteiger partial charge in [0.1, 0.15) is 0 Å². The number of benzene rings is 2. The zero-order valence-electron chi connectivity index (χ0n) is 11.6. The highest BCUT2D eigenvalue weighted by atomic mass is 35.5. The van der Waals surface area contributed by atoms with Gasteiger partial charge in [-0.15, -0.1) is 0 Å². The lowest BCUT2D eigenvalue weighted by molar-refractivity contribution is -0.133. The average molecular weight is 394 g/mol. The van der Waals surface area contributed by atoms with E-state index in [4.69, 9.17) is 57.9 Å². The summed E-state index contributed by atoms with van der Waals surface area (Å²) in [6, 6.07) is 8.01. The molecule has 0 spiro atoms. The van der Waals surface area contributed by atoms with Crippen molar-refractivity contribution in [2.24, 2.45) is 11.5 Å². The van der Waals surface area contributed by atoms with Crippen LogP contribution in [0.3, 0.4) is 0 Å². The molecule has 0 aliphatic rings. The predicted octanol–water partition coefficient (Wildman–Crippen LogP) is 3.48. The summed E-state index contributed by atoms with van der Waals surface area (Å²) < 4.78 is 0. The number of nitrogens with two attached hydrogens (primary N) is 2. The highest BCUT2D eigenvalue weighted by Gasteiger charge is 2.43. The summed E-state index contributed by atoms with van der Waals surface area (Å²) >= 11 is 24.7. The summed E-state index contributed by atoms with van der Waals surface area (Å²) in [6.45, 7) is -0.0643. The molecule has 0 radical (unpaired) electrons. The van der Waals surface area contributed by atoms with E-state index in [2.05, 4.69) is 0 Å². The van der Waals surface area contributed by atoms with Gasteiger partial charge in [-0.1, -0.05) is 76.7 Å². The van der Waals surface area contributed by atoms with Gasteiger partial charge in [-0.25, -0.2) is 0 Å². The van der Waals surface area contributed by atoms with Crippen molar-refractivity contribution < 1.29 is 9.90 Å². The van der Waals surface area contributed by atoms with Crippen molar-refractivity contribution >= 4 is 52.3 Å². The van der Waals surface area contributed by atoms with Crippen LogP contribution >= 0.6 is 46.4 Å². The van der Waals surface area contributed by atoms with Gasteiger partial charge >= 0.3 is 0 Å². The minimum Gasteiger partial charge on any atom is -0.372 e. The molecule has 122 valence electrons. The van der Waals surface area contributed by atoms with Gasteiger partial charge in [-0.05, 0) is 5.56 Å². The third-order valence-electron chi connectivity index (χ3n) is 3.47. The molecule has 1 atom stereocenters. The molecule has 2 rings (SSSR count). The molecule has 0 aliphatic carbocycles. The van der Waals surface area contributed by atoms with E-state index in [1.807, 2.05) is 0 Å². The Kier molecular flexibility index (Phi) is 5.46. The quantitative estimate of drug-likeness (QED) is 0.548. The van der Waals surface area contributed by atoms with Crippen molar-refractivity contribution in [2.75, 3.05) is 0 Å². The molecule has 0 aliphatic heterocycles. The maximum Gasteiger partial charge on any atom is 0.258 e. The molecule has 1 amide bonds. The SMILES string of the molecule is NCc1c(Cl)c(Cl)c(Cl)c(C(O)(C(N)=O)c2ccccc2)c1Cl. The van der Waals surface area contributed by atoms with Gasteiger partial charge in [0.25, 0.3) is 5.91 Å². The van der Waals surface area contributed by atoms with Crippen molar-refractivity contribution in [1.82, 2.24) is 0 Å². The van der Waals surface area contributed by atoms with E-state index in [0.29, 0.717) is 0 Å². The lowest BCUT2D eigenvalue weighted by atomic mass is 9.84. The zero-order chi connectivity index (χ0) is 17.4. The Hall–Kier alpha value is -1.01. The number of rotatable bonds is 4. The van der Waals surface area contributed by atoms with Gasteiger partial charge in [0, 0.05) is 17.7 Å². The van der Waals surface area contributed by atoms with Gasteiger partial charge in [0.15, 0.2) is 5.60 Å². The molecule has 0 aromatic heterocycles. The van der Waals surface area contributed by atoms with Crippen LogP contribution in [0.15, 0.2) is 30.3 Å². The fourth-order valence-corrected chi connectivity index (χ4v) is 3.62. The smallest absolute Gasteiger partial charge is 0.258 e. The summed E-state index contributed by atoms with van der Waals surface area (Å²) in [5.74, 6) is -1.06. The first kappa shape index (κ1) is 18.3. The minimum absolute atomic E-state index is 0.0583. The van der Waals surface area contributed by atoms with E-state index in [1.54, 1.807) is 18.2 Å². The summed E-state index contributed by atoms with van der Waals surface area (Å²) in [5.41, 5.74) is 9.09. The molecule has 1 unspecified atom stereocenters. The maximum absolute atomic E-state index is 12.1. The number of aliphatic hydroxyl groups is 1. The summed E-state index contributed by atoms with van der Waals surface area (Å²) in [5, 5.41) is 10.8. The van der Waals surface area contributed by atoms with Crippen molar-refractivity contribution in [3.8, 4) is 0 Å². The Balaban J connectivity index is 2.92. The molecule has 5 N–H and O–H groups in total. The molecule has 2 aromatic rings. The lowest BCUT2D eigenvalue weighted by Crippen LogP contribution is -2.43. The molecule has 2 aromatic carbocycles. The number of primary amides is 1. The van der Waals surface area contributed by atoms with Crippen molar-refractivity contribution in [1.29, 1.82) is 0 Å². The van der Waals surface area contributed by atoms with Crippen LogP contribution in [0.4, 0.5) is 0 Å². The van der Waals surface area contributed by atoms with Crippen molar-refractivity contribution in [3.63, 3.8) is 0 Å². The monoisotopic (exact) mass is 392 g/mol. The van der Waals surface area contributed by atoms with E-state index in [0.717, 1.165) is 0 Å². The molecular weight excluding hydrogens is 382 g/mol. The van der Waals surface area contributed by atoms with Crippen LogP contribution < -0.4 is 11.5 Å². The van der Waals surface area contributed by atoms with Gasteiger partial charge in [-0.3, -0.25) is 4.79 Å². The van der Waals surface area contributed by atoms with Crippen LogP contribution in [0.1, 0.15) is 16.7 Å². The van der Waals surface area contributed by atoms with E-state index >= 15 is 0 Å². The number of halogens is 4. The van der Waals surface area contributed by atoms with Gasteiger partial charge in [0.2, 0.25) is 0 Å². The Morgan fingerprint density at radius 2 is 1.57 bits per heavy atom. The highest BCUT2D eigenvalue weighted by molar-refractivity contribution is 6.50. The van der Waals surface area contributed by atoms with E-state index in [-0.39, 0.29) is 43.3 Å². The standard InChI is InChI=1S/C15H12Cl4N2O2/c16-10-8(6-20)11(17)13(19)12(18)9(10)15(23,14(21)22)7-4-2-1-3-5-7/h1-5,23H,6,20H2,(H2,21,22). The predicted molar refractivity (Wildman–Crippen MR) is 93.0 cm³/mol. The normalized spacial score (nSPS) is 13.7. The molecule has 0 bridgehead atoms. The van der Waals surface area contributed by atoms with Crippen LogP contribution in [0, 0.1) is 0 Å². The number of carbonyl (C=O) groups excluding carboxylic acids is 1. The molecular formula is C15H12Cl4N2O2. The third-order valence-corrected chi connectivity index (χ3v) is 5.25. The van der Waals surface area contributed by atoms with Crippen LogP contribution in [0.5, 0.6) is 0 Å². The molecule has 0 heterocycles. The fraction of sp³-hybridized carbons (Fsp3) is 0.133. The molecule has 0 saturated carbocycles. The van der Waals surface area contributed by atoms with Crippen LogP contribution in [-0.2, 0) is 16.9 Å². The Morgan fingerprint density at radius 1 is 1.00 bits per heavy atom. The van der Waals surface area contributed by atoms with Crippen LogP contribution in [-0.4, -0.2) is 11.0 Å². The molecule has 0 saturated heterocycles. The Bertz CT molecular complexity index is 768. The largest absolute Gasteiger partial charge is 0.372 e. The fourth-order valence-electron chi connectivity index (χ4n) is 2.27. The van der Waals surface area contributed by atoms with Gasteiger partial charge < -0.3 is 16.6 Å². The summed E-state index contributed by atoms with van der Waals surface area (Å²) in [7, 11) is 0. The zero-order valence-corrected chi connectivity index (χ0v) is 14.6. The number of hydrogen-bond donors (Lipinski definition) is 3. The van der Waals surface area contributed by atoms with E-state index in [9.17, 15) is 9.90 Å². The van der Waals surface area contributed by atoms with Gasteiger partial charge in [-0.2, -0.15) is 0 Å². The van der Waals surface area contributed by atoms with Crippen LogP contribution in [0.25, 0.3) is 0 Å². The first-order chi connectivity index (χ1) is 10.8. The van der Waals surface area contributed by atoms with E-state index in [1.165, 1.54) is 12.1 Å². The summed E-state index contributed by atoms with van der Waals surface area (Å²) in [6.07, 6.45) is 0. The number of hydrogen-bond acceptors (Lipinski definition) is 3. The Labute approximate surface area is 152 Å². The average Bonchev–Trinajstić information content (AvgIpc) is 2.54. The molecule has 23 heavy (non-hydrogen) atoms. The molecule has 0 fully saturated rings. The third kappa shape index (κ3) is 2.91. The van der Waals surface area contributed by atoms with E-state index < -0.39 is 11.5 Å². The molecule has 8 heteroatoms. The van der Waals surface area contributed by atoms with Crippen molar-refractivity contribution in [3.05, 3.63) is 67.1 Å². The number of carbonyl (C=O) groups is 1. The number of amides is 1. The first-order valence-corrected chi connectivity index (χ1v) is 7.91. The topological polar surface area (TPSA) is 89.3 Å². The van der Waals surface area contributed by atoms with Crippen LogP contribution in [0.2, 0.25) is 20.1 Å². The van der Waals surface area contributed by atoms with Crippen molar-refractivity contribution in [2.45, 2.75) is 12.1 Å². The second kappa shape index (κ2) is 6.85. The lowest BCUT2D eigenvalue weighted by Gasteiger charge is -2.29. The Morgan fingerprint density at radius 3 is 2.04 bits per heavy atom. The maximum atomic E-state index is 12.1. The molecule has 4 nitrogen and oxygen atoms in total. The summed E-state index contributed by atoms with van der Waals surface area (Å²) in [4.78, 5) is 12.1. The highest BCUT2D eigenvalue weighted by Crippen LogP contribution is 2.47. The second-order valence-corrected chi connectivity index (χ2v) is 6.27. The minimum atomic E-state index is -2.28. The van der Waals surface area contributed by atoms with Gasteiger partial charge in [0.05, 0.1) is 20.1 Å². The first-order valence-electron chi connectivity index (χ1n) is 6.39.